The van der Waals surface area contributed by atoms with Gasteiger partial charge in [0.25, 0.3) is 0 Å². The summed E-state index contributed by atoms with van der Waals surface area (Å²) in [6, 6.07) is 1.43. The molecule has 1 unspecified atom stereocenters. The van der Waals surface area contributed by atoms with Crippen LogP contribution < -0.4 is 10.1 Å². The quantitative estimate of drug-likeness (QED) is 0.883. The molecule has 0 amide bonds. The summed E-state index contributed by atoms with van der Waals surface area (Å²) in [6.07, 6.45) is 1.52. The molecule has 0 aliphatic heterocycles. The summed E-state index contributed by atoms with van der Waals surface area (Å²) in [7, 11) is 4.83. The maximum absolute atomic E-state index is 14.1. The van der Waals surface area contributed by atoms with Crippen LogP contribution in [0.1, 0.15) is 17.3 Å². The van der Waals surface area contributed by atoms with E-state index in [1.165, 1.54) is 13.3 Å². The van der Waals surface area contributed by atoms with E-state index in [4.69, 9.17) is 16.3 Å². The molecule has 0 radical (unpaired) electrons. The van der Waals surface area contributed by atoms with Gasteiger partial charge in [0.2, 0.25) is 0 Å². The molecule has 1 N–H and O–H groups in total. The van der Waals surface area contributed by atoms with Crippen molar-refractivity contribution in [3.63, 3.8) is 0 Å². The maximum Gasteiger partial charge on any atom is 0.161 e. The van der Waals surface area contributed by atoms with Crippen molar-refractivity contribution < 1.29 is 13.5 Å². The van der Waals surface area contributed by atoms with Crippen molar-refractivity contribution in [3.8, 4) is 5.75 Å². The van der Waals surface area contributed by atoms with E-state index in [1.807, 2.05) is 0 Å². The Morgan fingerprint density at radius 2 is 2.05 bits per heavy atom. The highest BCUT2D eigenvalue weighted by Gasteiger charge is 2.25. The molecule has 20 heavy (non-hydrogen) atoms. The Morgan fingerprint density at radius 3 is 2.65 bits per heavy atom. The van der Waals surface area contributed by atoms with Gasteiger partial charge in [-0.15, -0.1) is 0 Å². The van der Waals surface area contributed by atoms with E-state index >= 15 is 0 Å². The predicted molar refractivity (Wildman–Crippen MR) is 72.0 cm³/mol. The largest absolute Gasteiger partial charge is 0.493 e. The molecule has 1 atom stereocenters. The molecule has 0 saturated heterocycles. The van der Waals surface area contributed by atoms with Gasteiger partial charge in [0.1, 0.15) is 17.3 Å². The zero-order valence-electron chi connectivity index (χ0n) is 11.2. The van der Waals surface area contributed by atoms with Gasteiger partial charge in [0.15, 0.2) is 5.75 Å². The minimum Gasteiger partial charge on any atom is -0.493 e. The van der Waals surface area contributed by atoms with Crippen molar-refractivity contribution in [3.05, 3.63) is 46.2 Å². The van der Waals surface area contributed by atoms with E-state index in [-0.39, 0.29) is 10.6 Å². The van der Waals surface area contributed by atoms with Gasteiger partial charge in [-0.05, 0) is 19.2 Å². The highest BCUT2D eigenvalue weighted by molar-refractivity contribution is 6.30. The molecule has 7 heteroatoms. The normalized spacial score (nSPS) is 12.5. The fourth-order valence-corrected chi connectivity index (χ4v) is 2.26. The molecule has 0 aliphatic carbocycles. The zero-order chi connectivity index (χ0) is 14.9. The first-order chi connectivity index (χ1) is 9.49. The Labute approximate surface area is 120 Å². The third-order valence-corrected chi connectivity index (χ3v) is 3.37. The van der Waals surface area contributed by atoms with Gasteiger partial charge in [0.05, 0.1) is 24.4 Å². The highest BCUT2D eigenvalue weighted by Crippen LogP contribution is 2.32. The minimum absolute atomic E-state index is 0.135. The maximum atomic E-state index is 14.1. The standard InChI is InChI=1S/C13H14ClF2N3O/c1-17-12(13-11(20-3)6-18-19(13)2)7-4-10(16)8(14)5-9(7)15/h4-6,12,17H,1-3H3. The van der Waals surface area contributed by atoms with Crippen molar-refractivity contribution in [1.82, 2.24) is 15.1 Å². The second kappa shape index (κ2) is 5.76. The van der Waals surface area contributed by atoms with Crippen molar-refractivity contribution in [2.45, 2.75) is 6.04 Å². The molecule has 0 saturated carbocycles. The average Bonchev–Trinajstić information content (AvgIpc) is 2.78. The summed E-state index contributed by atoms with van der Waals surface area (Å²) >= 11 is 5.57. The third kappa shape index (κ3) is 2.48. The SMILES string of the molecule is CNC(c1cc(F)c(Cl)cc1F)c1c(OC)cnn1C. The number of benzene rings is 1. The first kappa shape index (κ1) is 14.7. The number of aryl methyl sites for hydroxylation is 1. The minimum atomic E-state index is -0.676. The Morgan fingerprint density at radius 1 is 1.35 bits per heavy atom. The average molecular weight is 302 g/mol. The molecular formula is C13H14ClF2N3O. The first-order valence-corrected chi connectivity index (χ1v) is 6.25. The number of halogens is 3. The number of hydrogen-bond acceptors (Lipinski definition) is 3. The van der Waals surface area contributed by atoms with E-state index < -0.39 is 17.7 Å². The summed E-state index contributed by atoms with van der Waals surface area (Å²) in [6.45, 7) is 0. The Balaban J connectivity index is 2.58. The van der Waals surface area contributed by atoms with Crippen LogP contribution in [0.15, 0.2) is 18.3 Å². The van der Waals surface area contributed by atoms with Crippen LogP contribution in [0.2, 0.25) is 5.02 Å². The van der Waals surface area contributed by atoms with E-state index in [2.05, 4.69) is 10.4 Å². The van der Waals surface area contributed by atoms with Crippen LogP contribution in [0.3, 0.4) is 0 Å². The van der Waals surface area contributed by atoms with Crippen molar-refractivity contribution >= 4 is 11.6 Å². The molecule has 2 aromatic rings. The molecule has 1 aromatic carbocycles. The molecule has 0 bridgehead atoms. The van der Waals surface area contributed by atoms with Gasteiger partial charge in [-0.2, -0.15) is 5.10 Å². The molecule has 108 valence electrons. The van der Waals surface area contributed by atoms with E-state index in [9.17, 15) is 8.78 Å². The van der Waals surface area contributed by atoms with Gasteiger partial charge in [-0.3, -0.25) is 4.68 Å². The topological polar surface area (TPSA) is 39.1 Å². The van der Waals surface area contributed by atoms with Gasteiger partial charge in [-0.1, -0.05) is 11.6 Å². The number of rotatable bonds is 4. The predicted octanol–water partition coefficient (Wildman–Crippen LogP) is 2.67. The molecule has 0 fully saturated rings. The summed E-state index contributed by atoms with van der Waals surface area (Å²) in [5, 5.41) is 6.74. The highest BCUT2D eigenvalue weighted by atomic mass is 35.5. The molecule has 1 heterocycles. The Kier molecular flexibility index (Phi) is 4.25. The smallest absolute Gasteiger partial charge is 0.161 e. The van der Waals surface area contributed by atoms with Crippen LogP contribution >= 0.6 is 11.6 Å². The lowest BCUT2D eigenvalue weighted by Crippen LogP contribution is -2.22. The van der Waals surface area contributed by atoms with Crippen molar-refractivity contribution in [2.24, 2.45) is 7.05 Å². The lowest BCUT2D eigenvalue weighted by atomic mass is 10.0. The van der Waals surface area contributed by atoms with E-state index in [1.54, 1.807) is 18.8 Å². The Bertz CT molecular complexity index is 630. The first-order valence-electron chi connectivity index (χ1n) is 5.87. The van der Waals surface area contributed by atoms with Crippen LogP contribution in [-0.4, -0.2) is 23.9 Å². The second-order valence-corrected chi connectivity index (χ2v) is 4.64. The molecule has 4 nitrogen and oxygen atoms in total. The lowest BCUT2D eigenvalue weighted by Gasteiger charge is -2.19. The molecule has 0 spiro atoms. The fourth-order valence-electron chi connectivity index (χ4n) is 2.11. The number of hydrogen-bond donors (Lipinski definition) is 1. The summed E-state index contributed by atoms with van der Waals surface area (Å²) < 4.78 is 34.4. The Hall–Kier alpha value is -1.66. The van der Waals surface area contributed by atoms with Crippen LogP contribution in [0, 0.1) is 11.6 Å². The van der Waals surface area contributed by atoms with Crippen LogP contribution in [0.4, 0.5) is 8.78 Å². The summed E-state index contributed by atoms with van der Waals surface area (Å²) in [5.41, 5.74) is 0.729. The van der Waals surface area contributed by atoms with E-state index in [0.717, 1.165) is 12.1 Å². The third-order valence-electron chi connectivity index (χ3n) is 3.08. The van der Waals surface area contributed by atoms with Crippen LogP contribution in [-0.2, 0) is 7.05 Å². The second-order valence-electron chi connectivity index (χ2n) is 4.23. The van der Waals surface area contributed by atoms with Gasteiger partial charge >= 0.3 is 0 Å². The monoisotopic (exact) mass is 301 g/mol. The summed E-state index contributed by atoms with van der Waals surface area (Å²) in [5.74, 6) is -0.787. The van der Waals surface area contributed by atoms with Crippen molar-refractivity contribution in [1.29, 1.82) is 0 Å². The lowest BCUT2D eigenvalue weighted by molar-refractivity contribution is 0.401. The number of methoxy groups -OCH3 is 1. The van der Waals surface area contributed by atoms with E-state index in [0.29, 0.717) is 11.4 Å². The van der Waals surface area contributed by atoms with Gasteiger partial charge in [0, 0.05) is 12.6 Å². The fraction of sp³-hybridized carbons (Fsp3) is 0.308. The van der Waals surface area contributed by atoms with Crippen molar-refractivity contribution in [2.75, 3.05) is 14.2 Å². The van der Waals surface area contributed by atoms with Crippen LogP contribution in [0.25, 0.3) is 0 Å². The molecule has 0 aliphatic rings. The number of nitrogens with one attached hydrogen (secondary N) is 1. The summed E-state index contributed by atoms with van der Waals surface area (Å²) in [4.78, 5) is 0. The molecule has 2 rings (SSSR count). The molecule has 1 aromatic heterocycles. The zero-order valence-corrected chi connectivity index (χ0v) is 12.0. The molecular weight excluding hydrogens is 288 g/mol. The number of aromatic nitrogens is 2. The van der Waals surface area contributed by atoms with Crippen LogP contribution in [0.5, 0.6) is 5.75 Å². The number of nitrogens with zero attached hydrogens (tertiary/aromatic N) is 2. The van der Waals surface area contributed by atoms with Gasteiger partial charge < -0.3 is 10.1 Å². The van der Waals surface area contributed by atoms with Gasteiger partial charge in [-0.25, -0.2) is 8.78 Å². The number of ether oxygens (including phenoxy) is 1.